The minimum Gasteiger partial charge on any atom is -0.491 e. The van der Waals surface area contributed by atoms with E-state index in [1.54, 1.807) is 32.2 Å². The molecule has 0 spiro atoms. The summed E-state index contributed by atoms with van der Waals surface area (Å²) in [5.41, 5.74) is 5.97. The fourth-order valence-corrected chi connectivity index (χ4v) is 2.39. The number of benzene rings is 1. The van der Waals surface area contributed by atoms with Gasteiger partial charge in [-0.2, -0.15) is 0 Å². The van der Waals surface area contributed by atoms with Gasteiger partial charge in [0.05, 0.1) is 11.7 Å². The molecule has 2 rings (SSSR count). The van der Waals surface area contributed by atoms with Crippen LogP contribution in [0.2, 0.25) is 0 Å². The minimum absolute atomic E-state index is 0.0578. The first-order chi connectivity index (χ1) is 11.5. The molecule has 1 unspecified atom stereocenters. The van der Waals surface area contributed by atoms with Gasteiger partial charge in [0.1, 0.15) is 24.0 Å². The first-order valence-electron chi connectivity index (χ1n) is 8.38. The Morgan fingerprint density at radius 2 is 2.00 bits per heavy atom. The molecule has 138 valence electrons. The summed E-state index contributed by atoms with van der Waals surface area (Å²) >= 11 is 0. The number of carbonyl (C=O) groups excluding carboxylic acids is 1. The van der Waals surface area contributed by atoms with Gasteiger partial charge in [-0.15, -0.1) is 0 Å². The van der Waals surface area contributed by atoms with Crippen molar-refractivity contribution in [3.05, 3.63) is 30.0 Å². The molecule has 0 saturated heterocycles. The standard InChI is InChI=1S/C19H28N2O4/c1-18(2,3)21-9-12(22)10-24-13-6-7-14-15(11-25-16(14)8-13)19(4,5)17(20)23/h6-8,11-12,21-22H,9-10H2,1-5H3,(H2,20,23). The number of rotatable bonds is 7. The third-order valence-corrected chi connectivity index (χ3v) is 4.15. The van der Waals surface area contributed by atoms with Crippen LogP contribution in [0.25, 0.3) is 11.0 Å². The quantitative estimate of drug-likeness (QED) is 0.713. The molecule has 0 aliphatic carbocycles. The smallest absolute Gasteiger partial charge is 0.227 e. The van der Waals surface area contributed by atoms with Crippen molar-refractivity contribution in [1.82, 2.24) is 5.32 Å². The maximum Gasteiger partial charge on any atom is 0.227 e. The van der Waals surface area contributed by atoms with E-state index in [2.05, 4.69) is 5.32 Å². The SMILES string of the molecule is CC(C)(C)NCC(O)COc1ccc2c(C(C)(C)C(N)=O)coc2c1. The van der Waals surface area contributed by atoms with Crippen molar-refractivity contribution in [3.63, 3.8) is 0 Å². The van der Waals surface area contributed by atoms with Gasteiger partial charge in [0.15, 0.2) is 0 Å². The first-order valence-corrected chi connectivity index (χ1v) is 8.38. The Kier molecular flexibility index (Phi) is 5.44. The Morgan fingerprint density at radius 3 is 2.60 bits per heavy atom. The predicted molar refractivity (Wildman–Crippen MR) is 97.7 cm³/mol. The number of aliphatic hydroxyl groups excluding tert-OH is 1. The molecule has 1 amide bonds. The number of nitrogens with one attached hydrogen (secondary N) is 1. The molecule has 0 radical (unpaired) electrons. The molecule has 0 fully saturated rings. The highest BCUT2D eigenvalue weighted by Gasteiger charge is 2.31. The Labute approximate surface area is 148 Å². The van der Waals surface area contributed by atoms with Gasteiger partial charge < -0.3 is 25.3 Å². The third kappa shape index (κ3) is 4.74. The molecule has 0 saturated carbocycles. The van der Waals surface area contributed by atoms with E-state index in [0.717, 1.165) is 10.9 Å². The second kappa shape index (κ2) is 7.06. The summed E-state index contributed by atoms with van der Waals surface area (Å²) in [7, 11) is 0. The van der Waals surface area contributed by atoms with E-state index in [0.29, 0.717) is 17.9 Å². The van der Waals surface area contributed by atoms with E-state index in [-0.39, 0.29) is 12.1 Å². The van der Waals surface area contributed by atoms with Crippen molar-refractivity contribution in [2.75, 3.05) is 13.2 Å². The van der Waals surface area contributed by atoms with Crippen molar-refractivity contribution >= 4 is 16.9 Å². The van der Waals surface area contributed by atoms with Crippen molar-refractivity contribution in [2.24, 2.45) is 5.73 Å². The monoisotopic (exact) mass is 348 g/mol. The number of aliphatic hydroxyl groups is 1. The number of furan rings is 1. The summed E-state index contributed by atoms with van der Waals surface area (Å²) in [6.45, 7) is 10.3. The zero-order valence-electron chi connectivity index (χ0n) is 15.6. The average molecular weight is 348 g/mol. The number of carbonyl (C=O) groups is 1. The number of hydrogen-bond donors (Lipinski definition) is 3. The molecule has 1 aromatic heterocycles. The molecule has 1 atom stereocenters. The van der Waals surface area contributed by atoms with Gasteiger partial charge in [-0.05, 0) is 46.8 Å². The normalized spacial score (nSPS) is 13.8. The van der Waals surface area contributed by atoms with Crippen LogP contribution in [0.5, 0.6) is 5.75 Å². The van der Waals surface area contributed by atoms with Gasteiger partial charge in [-0.1, -0.05) is 0 Å². The van der Waals surface area contributed by atoms with Crippen molar-refractivity contribution < 1.29 is 19.1 Å². The van der Waals surface area contributed by atoms with Gasteiger partial charge in [0.25, 0.3) is 0 Å². The van der Waals surface area contributed by atoms with E-state index in [4.69, 9.17) is 14.9 Å². The van der Waals surface area contributed by atoms with Crippen LogP contribution in [0.4, 0.5) is 0 Å². The van der Waals surface area contributed by atoms with Gasteiger partial charge in [-0.25, -0.2) is 0 Å². The lowest BCUT2D eigenvalue weighted by Crippen LogP contribution is -2.42. The summed E-state index contributed by atoms with van der Waals surface area (Å²) in [6.07, 6.45) is 0.942. The second-order valence-electron chi connectivity index (χ2n) is 7.89. The summed E-state index contributed by atoms with van der Waals surface area (Å²) in [5.74, 6) is 0.185. The predicted octanol–water partition coefficient (Wildman–Crippen LogP) is 2.32. The van der Waals surface area contributed by atoms with E-state index in [1.165, 1.54) is 0 Å². The highest BCUT2D eigenvalue weighted by Crippen LogP contribution is 2.33. The molecule has 1 aromatic carbocycles. The molecule has 4 N–H and O–H groups in total. The molecule has 1 heterocycles. The Hall–Kier alpha value is -2.05. The van der Waals surface area contributed by atoms with Crippen molar-refractivity contribution in [3.8, 4) is 5.75 Å². The van der Waals surface area contributed by atoms with Gasteiger partial charge >= 0.3 is 0 Å². The van der Waals surface area contributed by atoms with Crippen LogP contribution in [0, 0.1) is 0 Å². The largest absolute Gasteiger partial charge is 0.491 e. The topological polar surface area (TPSA) is 97.7 Å². The molecule has 0 bridgehead atoms. The van der Waals surface area contributed by atoms with Crippen molar-refractivity contribution in [2.45, 2.75) is 51.7 Å². The molecule has 0 aliphatic rings. The zero-order valence-corrected chi connectivity index (χ0v) is 15.6. The molecule has 6 nitrogen and oxygen atoms in total. The van der Waals surface area contributed by atoms with E-state index in [1.807, 2.05) is 26.8 Å². The van der Waals surface area contributed by atoms with E-state index < -0.39 is 17.4 Å². The number of β-amino-alcohol motifs (C(OH)–C–C–N with tert-alkyl or cyclic N) is 1. The van der Waals surface area contributed by atoms with E-state index in [9.17, 15) is 9.90 Å². The number of primary amides is 1. The average Bonchev–Trinajstić information content (AvgIpc) is 2.93. The van der Waals surface area contributed by atoms with Crippen LogP contribution in [0.15, 0.2) is 28.9 Å². The minimum atomic E-state index is -0.817. The summed E-state index contributed by atoms with van der Waals surface area (Å²) in [4.78, 5) is 11.7. The fourth-order valence-electron chi connectivity index (χ4n) is 2.39. The highest BCUT2D eigenvalue weighted by molar-refractivity contribution is 5.93. The van der Waals surface area contributed by atoms with Crippen LogP contribution >= 0.6 is 0 Å². The van der Waals surface area contributed by atoms with Crippen LogP contribution in [0.1, 0.15) is 40.2 Å². The number of nitrogens with two attached hydrogens (primary N) is 1. The lowest BCUT2D eigenvalue weighted by molar-refractivity contribution is -0.122. The van der Waals surface area contributed by atoms with E-state index >= 15 is 0 Å². The fraction of sp³-hybridized carbons (Fsp3) is 0.526. The number of ether oxygens (including phenoxy) is 1. The van der Waals surface area contributed by atoms with Gasteiger partial charge in [0, 0.05) is 29.1 Å². The Bertz CT molecular complexity index is 743. The van der Waals surface area contributed by atoms with Crippen LogP contribution in [0.3, 0.4) is 0 Å². The third-order valence-electron chi connectivity index (χ3n) is 4.15. The molecular weight excluding hydrogens is 320 g/mol. The molecule has 0 aliphatic heterocycles. The first kappa shape index (κ1) is 19.3. The van der Waals surface area contributed by atoms with Gasteiger partial charge in [-0.3, -0.25) is 4.79 Å². The summed E-state index contributed by atoms with van der Waals surface area (Å²) < 4.78 is 11.2. The lowest BCUT2D eigenvalue weighted by atomic mass is 9.84. The van der Waals surface area contributed by atoms with Crippen LogP contribution in [-0.4, -0.2) is 35.8 Å². The van der Waals surface area contributed by atoms with Gasteiger partial charge in [0.2, 0.25) is 5.91 Å². The molecule has 6 heteroatoms. The number of fused-ring (bicyclic) bond motifs is 1. The maximum absolute atomic E-state index is 11.7. The van der Waals surface area contributed by atoms with Crippen molar-refractivity contribution in [1.29, 1.82) is 0 Å². The summed E-state index contributed by atoms with van der Waals surface area (Å²) in [6, 6.07) is 5.39. The second-order valence-corrected chi connectivity index (χ2v) is 7.89. The van der Waals surface area contributed by atoms with Crippen LogP contribution in [-0.2, 0) is 10.2 Å². The lowest BCUT2D eigenvalue weighted by Gasteiger charge is -2.23. The maximum atomic E-state index is 11.7. The summed E-state index contributed by atoms with van der Waals surface area (Å²) in [5, 5.41) is 14.0. The number of amides is 1. The molecule has 25 heavy (non-hydrogen) atoms. The Morgan fingerprint density at radius 1 is 1.32 bits per heavy atom. The molecular formula is C19H28N2O4. The zero-order chi connectivity index (χ0) is 18.8. The highest BCUT2D eigenvalue weighted by atomic mass is 16.5. The Balaban J connectivity index is 2.06. The van der Waals surface area contributed by atoms with Crippen LogP contribution < -0.4 is 15.8 Å². The number of hydrogen-bond acceptors (Lipinski definition) is 5. The molecule has 2 aromatic rings.